The Labute approximate surface area is 110 Å². The highest BCUT2D eigenvalue weighted by molar-refractivity contribution is 14.1. The van der Waals surface area contributed by atoms with Crippen LogP contribution in [0.1, 0.15) is 26.2 Å². The minimum atomic E-state index is 0.0573. The summed E-state index contributed by atoms with van der Waals surface area (Å²) in [6.45, 7) is 1.96. The number of carbonyl (C=O) groups is 1. The zero-order valence-electron chi connectivity index (χ0n) is 9.37. The second kappa shape index (κ2) is 6.85. The number of carbonyl (C=O) groups excluding carboxylic acids is 1. The predicted molar refractivity (Wildman–Crippen MR) is 75.3 cm³/mol. The third-order valence-electron chi connectivity index (χ3n) is 2.19. The van der Waals surface area contributed by atoms with Crippen LogP contribution in [-0.4, -0.2) is 11.9 Å². The van der Waals surface area contributed by atoms with Crippen LogP contribution < -0.4 is 11.1 Å². The monoisotopic (exact) mass is 332 g/mol. The molecule has 0 bridgehead atoms. The molecule has 1 atom stereocenters. The first-order valence-electron chi connectivity index (χ1n) is 5.39. The minimum Gasteiger partial charge on any atom is -0.328 e. The van der Waals surface area contributed by atoms with E-state index in [1.165, 1.54) is 0 Å². The Morgan fingerprint density at radius 3 is 2.62 bits per heavy atom. The Bertz CT molecular complexity index is 335. The van der Waals surface area contributed by atoms with Crippen LogP contribution in [0.5, 0.6) is 0 Å². The molecule has 0 spiro atoms. The van der Waals surface area contributed by atoms with Gasteiger partial charge in [-0.15, -0.1) is 0 Å². The first-order valence-corrected chi connectivity index (χ1v) is 6.47. The van der Waals surface area contributed by atoms with Crippen LogP contribution in [0.4, 0.5) is 5.69 Å². The highest BCUT2D eigenvalue weighted by Gasteiger charge is 2.03. The summed E-state index contributed by atoms with van der Waals surface area (Å²) in [5.74, 6) is 0.0573. The van der Waals surface area contributed by atoms with Crippen molar-refractivity contribution in [2.75, 3.05) is 5.32 Å². The molecule has 0 radical (unpaired) electrons. The Balaban J connectivity index is 2.31. The van der Waals surface area contributed by atoms with Crippen molar-refractivity contribution in [3.8, 4) is 0 Å². The van der Waals surface area contributed by atoms with Crippen molar-refractivity contribution in [3.05, 3.63) is 27.8 Å². The molecule has 0 fully saturated rings. The topological polar surface area (TPSA) is 55.1 Å². The van der Waals surface area contributed by atoms with Crippen molar-refractivity contribution in [3.63, 3.8) is 0 Å². The summed E-state index contributed by atoms with van der Waals surface area (Å²) in [4.78, 5) is 11.5. The van der Waals surface area contributed by atoms with Gasteiger partial charge in [0.2, 0.25) is 5.91 Å². The molecule has 3 nitrogen and oxygen atoms in total. The second-order valence-electron chi connectivity index (χ2n) is 3.92. The van der Waals surface area contributed by atoms with E-state index in [4.69, 9.17) is 5.73 Å². The maximum absolute atomic E-state index is 11.5. The molecule has 0 aliphatic heterocycles. The van der Waals surface area contributed by atoms with E-state index in [9.17, 15) is 4.79 Å². The highest BCUT2D eigenvalue weighted by atomic mass is 127. The molecule has 1 amide bonds. The largest absolute Gasteiger partial charge is 0.328 e. The van der Waals surface area contributed by atoms with Gasteiger partial charge in [0.15, 0.2) is 0 Å². The first-order chi connectivity index (χ1) is 7.58. The van der Waals surface area contributed by atoms with Gasteiger partial charge < -0.3 is 11.1 Å². The van der Waals surface area contributed by atoms with Crippen LogP contribution in [0.2, 0.25) is 0 Å². The Morgan fingerprint density at radius 1 is 1.44 bits per heavy atom. The molecule has 0 aliphatic carbocycles. The Hall–Kier alpha value is -0.620. The van der Waals surface area contributed by atoms with Crippen LogP contribution in [0.25, 0.3) is 0 Å². The average Bonchev–Trinajstić information content (AvgIpc) is 2.21. The van der Waals surface area contributed by atoms with E-state index in [1.807, 2.05) is 31.2 Å². The van der Waals surface area contributed by atoms with E-state index in [0.29, 0.717) is 6.42 Å². The molecule has 3 N–H and O–H groups in total. The van der Waals surface area contributed by atoms with E-state index >= 15 is 0 Å². The first kappa shape index (κ1) is 13.4. The van der Waals surface area contributed by atoms with Crippen LogP contribution in [0.3, 0.4) is 0 Å². The van der Waals surface area contributed by atoms with Gasteiger partial charge in [-0.25, -0.2) is 0 Å². The van der Waals surface area contributed by atoms with Gasteiger partial charge in [0.05, 0.1) is 0 Å². The van der Waals surface area contributed by atoms with Crippen LogP contribution >= 0.6 is 22.6 Å². The SMILES string of the molecule is CC(N)CCCC(=O)Nc1ccc(I)cc1. The van der Waals surface area contributed by atoms with Crippen LogP contribution in [0.15, 0.2) is 24.3 Å². The van der Waals surface area contributed by atoms with Gasteiger partial charge in [-0.2, -0.15) is 0 Å². The maximum atomic E-state index is 11.5. The molecule has 16 heavy (non-hydrogen) atoms. The number of nitrogens with two attached hydrogens (primary N) is 1. The summed E-state index contributed by atoms with van der Waals surface area (Å²) in [5, 5.41) is 2.86. The van der Waals surface area contributed by atoms with Crippen LogP contribution in [-0.2, 0) is 4.79 Å². The number of anilines is 1. The summed E-state index contributed by atoms with van der Waals surface area (Å²) in [6, 6.07) is 7.93. The summed E-state index contributed by atoms with van der Waals surface area (Å²) in [5.41, 5.74) is 6.47. The van der Waals surface area contributed by atoms with E-state index in [1.54, 1.807) is 0 Å². The number of rotatable bonds is 5. The molecule has 0 saturated heterocycles. The number of hydrogen-bond acceptors (Lipinski definition) is 2. The molecular weight excluding hydrogens is 315 g/mol. The van der Waals surface area contributed by atoms with E-state index < -0.39 is 0 Å². The molecule has 1 aromatic carbocycles. The second-order valence-corrected chi connectivity index (χ2v) is 5.17. The van der Waals surface area contributed by atoms with E-state index in [0.717, 1.165) is 22.1 Å². The summed E-state index contributed by atoms with van der Waals surface area (Å²) in [7, 11) is 0. The lowest BCUT2D eigenvalue weighted by molar-refractivity contribution is -0.116. The molecule has 4 heteroatoms. The van der Waals surface area contributed by atoms with Gasteiger partial charge in [0, 0.05) is 21.7 Å². The maximum Gasteiger partial charge on any atom is 0.224 e. The van der Waals surface area contributed by atoms with Crippen molar-refractivity contribution in [2.45, 2.75) is 32.2 Å². The fourth-order valence-corrected chi connectivity index (χ4v) is 1.70. The van der Waals surface area contributed by atoms with Gasteiger partial charge in [0.25, 0.3) is 0 Å². The fraction of sp³-hybridized carbons (Fsp3) is 0.417. The predicted octanol–water partition coefficient (Wildman–Crippen LogP) is 2.75. The molecule has 1 aromatic rings. The van der Waals surface area contributed by atoms with E-state index in [-0.39, 0.29) is 11.9 Å². The smallest absolute Gasteiger partial charge is 0.224 e. The summed E-state index contributed by atoms with van der Waals surface area (Å²) >= 11 is 2.23. The Morgan fingerprint density at radius 2 is 2.06 bits per heavy atom. The zero-order valence-corrected chi connectivity index (χ0v) is 11.5. The van der Waals surface area contributed by atoms with Gasteiger partial charge >= 0.3 is 0 Å². The van der Waals surface area contributed by atoms with Gasteiger partial charge in [-0.3, -0.25) is 4.79 Å². The number of nitrogens with one attached hydrogen (secondary N) is 1. The normalized spacial score (nSPS) is 12.2. The molecule has 1 unspecified atom stereocenters. The highest BCUT2D eigenvalue weighted by Crippen LogP contribution is 2.11. The summed E-state index contributed by atoms with van der Waals surface area (Å²) < 4.78 is 1.16. The lowest BCUT2D eigenvalue weighted by Crippen LogP contribution is -2.16. The number of amides is 1. The minimum absolute atomic E-state index is 0.0573. The number of hydrogen-bond donors (Lipinski definition) is 2. The molecule has 0 saturated carbocycles. The molecule has 88 valence electrons. The van der Waals surface area contributed by atoms with Crippen molar-refractivity contribution >= 4 is 34.2 Å². The Kier molecular flexibility index (Phi) is 5.76. The quantitative estimate of drug-likeness (QED) is 0.815. The number of benzene rings is 1. The fourth-order valence-electron chi connectivity index (χ4n) is 1.34. The van der Waals surface area contributed by atoms with Crippen molar-refractivity contribution in [1.29, 1.82) is 0 Å². The standard InChI is InChI=1S/C12H17IN2O/c1-9(14)3-2-4-12(16)15-11-7-5-10(13)6-8-11/h5-9H,2-4,14H2,1H3,(H,15,16). The van der Waals surface area contributed by atoms with Crippen molar-refractivity contribution in [2.24, 2.45) is 5.73 Å². The van der Waals surface area contributed by atoms with Gasteiger partial charge in [0.1, 0.15) is 0 Å². The molecule has 0 heterocycles. The summed E-state index contributed by atoms with van der Waals surface area (Å²) in [6.07, 6.45) is 2.27. The van der Waals surface area contributed by atoms with Gasteiger partial charge in [-0.1, -0.05) is 0 Å². The molecule has 0 aromatic heterocycles. The molecule has 0 aliphatic rings. The lowest BCUT2D eigenvalue weighted by Gasteiger charge is -2.06. The van der Waals surface area contributed by atoms with E-state index in [2.05, 4.69) is 27.9 Å². The molecule has 1 rings (SSSR count). The van der Waals surface area contributed by atoms with Crippen molar-refractivity contribution in [1.82, 2.24) is 0 Å². The van der Waals surface area contributed by atoms with Crippen molar-refractivity contribution < 1.29 is 4.79 Å². The van der Waals surface area contributed by atoms with Gasteiger partial charge in [-0.05, 0) is 66.6 Å². The number of halogens is 1. The zero-order chi connectivity index (χ0) is 12.0. The third kappa shape index (κ3) is 5.46. The molecular formula is C12H17IN2O. The third-order valence-corrected chi connectivity index (χ3v) is 2.91. The van der Waals surface area contributed by atoms with Crippen LogP contribution in [0, 0.1) is 3.57 Å². The lowest BCUT2D eigenvalue weighted by atomic mass is 10.1. The average molecular weight is 332 g/mol.